The SMILES string of the molecule is Cc1ccc(N2C(=O)[C@@H](Cc3cccc(C)c3)S/C2=C(/C#N)C(=O)NCCc2ccccc2)cc1. The molecule has 1 aliphatic rings. The highest BCUT2D eigenvalue weighted by molar-refractivity contribution is 8.05. The summed E-state index contributed by atoms with van der Waals surface area (Å²) in [4.78, 5) is 28.1. The van der Waals surface area contributed by atoms with Crippen molar-refractivity contribution in [2.75, 3.05) is 11.4 Å². The summed E-state index contributed by atoms with van der Waals surface area (Å²) < 4.78 is 0. The van der Waals surface area contributed by atoms with Crippen LogP contribution in [0, 0.1) is 25.2 Å². The van der Waals surface area contributed by atoms with Gasteiger partial charge in [0, 0.05) is 12.2 Å². The molecule has 1 fully saturated rings. The molecule has 0 bridgehead atoms. The maximum Gasteiger partial charge on any atom is 0.264 e. The molecule has 1 heterocycles. The summed E-state index contributed by atoms with van der Waals surface area (Å²) in [7, 11) is 0. The first-order valence-electron chi connectivity index (χ1n) is 11.6. The number of hydrogen-bond donors (Lipinski definition) is 1. The molecule has 1 N–H and O–H groups in total. The molecular formula is C29H27N3O2S. The van der Waals surface area contributed by atoms with Crippen LogP contribution >= 0.6 is 11.8 Å². The van der Waals surface area contributed by atoms with Gasteiger partial charge in [0.25, 0.3) is 5.91 Å². The lowest BCUT2D eigenvalue weighted by Crippen LogP contribution is -2.32. The lowest BCUT2D eigenvalue weighted by Gasteiger charge is -2.19. The second-order valence-electron chi connectivity index (χ2n) is 8.59. The van der Waals surface area contributed by atoms with Crippen molar-refractivity contribution in [1.29, 1.82) is 5.26 Å². The van der Waals surface area contributed by atoms with Gasteiger partial charge < -0.3 is 5.32 Å². The van der Waals surface area contributed by atoms with Gasteiger partial charge in [0.1, 0.15) is 16.7 Å². The Kier molecular flexibility index (Phi) is 7.69. The molecule has 4 rings (SSSR count). The summed E-state index contributed by atoms with van der Waals surface area (Å²) in [5, 5.41) is 12.8. The average Bonchev–Trinajstić information content (AvgIpc) is 3.16. The number of benzene rings is 3. The van der Waals surface area contributed by atoms with Crippen LogP contribution < -0.4 is 10.2 Å². The topological polar surface area (TPSA) is 73.2 Å². The maximum absolute atomic E-state index is 13.6. The van der Waals surface area contributed by atoms with Gasteiger partial charge in [-0.05, 0) is 49.9 Å². The predicted molar refractivity (Wildman–Crippen MR) is 141 cm³/mol. The fourth-order valence-corrected chi connectivity index (χ4v) is 5.33. The van der Waals surface area contributed by atoms with E-state index in [4.69, 9.17) is 0 Å². The minimum atomic E-state index is -0.466. The minimum absolute atomic E-state index is 0.0382. The molecule has 1 aliphatic heterocycles. The minimum Gasteiger partial charge on any atom is -0.351 e. The van der Waals surface area contributed by atoms with E-state index in [1.807, 2.05) is 86.6 Å². The zero-order valence-electron chi connectivity index (χ0n) is 19.8. The summed E-state index contributed by atoms with van der Waals surface area (Å²) in [6.07, 6.45) is 1.18. The summed E-state index contributed by atoms with van der Waals surface area (Å²) in [6.45, 7) is 4.39. The van der Waals surface area contributed by atoms with E-state index in [0.717, 1.165) is 22.3 Å². The molecule has 0 spiro atoms. The van der Waals surface area contributed by atoms with Crippen LogP contribution in [0.25, 0.3) is 0 Å². The first-order valence-corrected chi connectivity index (χ1v) is 12.4. The van der Waals surface area contributed by atoms with E-state index in [2.05, 4.69) is 17.5 Å². The van der Waals surface area contributed by atoms with Gasteiger partial charge in [-0.3, -0.25) is 14.5 Å². The van der Waals surface area contributed by atoms with Crippen LogP contribution in [-0.4, -0.2) is 23.6 Å². The van der Waals surface area contributed by atoms with E-state index >= 15 is 0 Å². The summed E-state index contributed by atoms with van der Waals surface area (Å²) in [5.74, 6) is -0.591. The van der Waals surface area contributed by atoms with Crippen molar-refractivity contribution in [1.82, 2.24) is 5.32 Å². The molecule has 0 aliphatic carbocycles. The first kappa shape index (κ1) is 24.3. The van der Waals surface area contributed by atoms with Crippen molar-refractivity contribution < 1.29 is 9.59 Å². The number of hydrogen-bond acceptors (Lipinski definition) is 4. The fraction of sp³-hybridized carbons (Fsp3) is 0.207. The predicted octanol–water partition coefficient (Wildman–Crippen LogP) is 5.09. The summed E-state index contributed by atoms with van der Waals surface area (Å²) >= 11 is 1.29. The lowest BCUT2D eigenvalue weighted by molar-refractivity contribution is -0.117. The molecule has 0 radical (unpaired) electrons. The van der Waals surface area contributed by atoms with Crippen LogP contribution in [0.5, 0.6) is 0 Å². The number of nitrogens with one attached hydrogen (secondary N) is 1. The Labute approximate surface area is 210 Å². The average molecular weight is 482 g/mol. The molecule has 0 aromatic heterocycles. The highest BCUT2D eigenvalue weighted by Gasteiger charge is 2.40. The largest absolute Gasteiger partial charge is 0.351 e. The van der Waals surface area contributed by atoms with Crippen molar-refractivity contribution in [3.05, 3.63) is 112 Å². The van der Waals surface area contributed by atoms with Crippen molar-refractivity contribution in [2.24, 2.45) is 0 Å². The number of amides is 2. The zero-order chi connectivity index (χ0) is 24.8. The van der Waals surface area contributed by atoms with Gasteiger partial charge in [0.15, 0.2) is 0 Å². The molecule has 0 unspecified atom stereocenters. The van der Waals surface area contributed by atoms with Crippen LogP contribution in [0.1, 0.15) is 22.3 Å². The number of aryl methyl sites for hydroxylation is 2. The van der Waals surface area contributed by atoms with E-state index in [-0.39, 0.29) is 11.5 Å². The quantitative estimate of drug-likeness (QED) is 0.377. The molecule has 2 amide bonds. The number of carbonyl (C=O) groups excluding carboxylic acids is 2. The first-order chi connectivity index (χ1) is 17.0. The number of rotatable bonds is 7. The smallest absolute Gasteiger partial charge is 0.264 e. The van der Waals surface area contributed by atoms with E-state index in [9.17, 15) is 14.9 Å². The Bertz CT molecular complexity index is 1290. The highest BCUT2D eigenvalue weighted by atomic mass is 32.2. The van der Waals surface area contributed by atoms with Crippen LogP contribution in [0.2, 0.25) is 0 Å². The normalized spacial score (nSPS) is 16.7. The van der Waals surface area contributed by atoms with Crippen molar-refractivity contribution in [3.8, 4) is 6.07 Å². The number of nitrogens with zero attached hydrogens (tertiary/aromatic N) is 2. The van der Waals surface area contributed by atoms with Gasteiger partial charge in [0.2, 0.25) is 5.91 Å². The summed E-state index contributed by atoms with van der Waals surface area (Å²) in [5.41, 5.74) is 4.95. The number of anilines is 1. The number of carbonyl (C=O) groups is 2. The standard InChI is InChI=1S/C29H27N3O2S/c1-20-11-13-24(14-12-20)32-28(34)26(18-23-10-6-7-21(2)17-23)35-29(32)25(19-30)27(33)31-16-15-22-8-4-3-5-9-22/h3-14,17,26H,15-16,18H2,1-2H3,(H,31,33)/b29-25-/t26-/m1/s1. The van der Waals surface area contributed by atoms with Crippen LogP contribution in [-0.2, 0) is 22.4 Å². The maximum atomic E-state index is 13.6. The zero-order valence-corrected chi connectivity index (χ0v) is 20.6. The van der Waals surface area contributed by atoms with Crippen molar-refractivity contribution in [2.45, 2.75) is 31.9 Å². The third-order valence-corrected chi connectivity index (χ3v) is 7.11. The Balaban J connectivity index is 1.62. The van der Waals surface area contributed by atoms with Crippen LogP contribution in [0.15, 0.2) is 89.5 Å². The lowest BCUT2D eigenvalue weighted by atomic mass is 10.1. The van der Waals surface area contributed by atoms with E-state index in [1.165, 1.54) is 16.7 Å². The molecule has 0 saturated carbocycles. The summed E-state index contributed by atoms with van der Waals surface area (Å²) in [6, 6.07) is 27.5. The van der Waals surface area contributed by atoms with Gasteiger partial charge in [-0.25, -0.2) is 0 Å². The molecule has 6 heteroatoms. The Hall–Kier alpha value is -3.82. The molecule has 1 saturated heterocycles. The molecule has 35 heavy (non-hydrogen) atoms. The Morgan fingerprint density at radius 1 is 0.971 bits per heavy atom. The third-order valence-electron chi connectivity index (χ3n) is 5.84. The Morgan fingerprint density at radius 2 is 1.69 bits per heavy atom. The van der Waals surface area contributed by atoms with E-state index < -0.39 is 11.2 Å². The molecule has 1 atom stereocenters. The molecule has 176 valence electrons. The second-order valence-corrected chi connectivity index (χ2v) is 9.78. The van der Waals surface area contributed by atoms with Crippen molar-refractivity contribution >= 4 is 29.3 Å². The van der Waals surface area contributed by atoms with E-state index in [1.54, 1.807) is 0 Å². The molecule has 3 aromatic carbocycles. The van der Waals surface area contributed by atoms with E-state index in [0.29, 0.717) is 30.1 Å². The highest BCUT2D eigenvalue weighted by Crippen LogP contribution is 2.42. The van der Waals surface area contributed by atoms with Gasteiger partial charge in [-0.1, -0.05) is 89.6 Å². The Morgan fingerprint density at radius 3 is 2.37 bits per heavy atom. The van der Waals surface area contributed by atoms with Gasteiger partial charge >= 0.3 is 0 Å². The second kappa shape index (κ2) is 11.1. The van der Waals surface area contributed by atoms with Crippen LogP contribution in [0.3, 0.4) is 0 Å². The van der Waals surface area contributed by atoms with Crippen LogP contribution in [0.4, 0.5) is 5.69 Å². The third kappa shape index (κ3) is 5.82. The molecule has 5 nitrogen and oxygen atoms in total. The van der Waals surface area contributed by atoms with Gasteiger partial charge in [-0.2, -0.15) is 5.26 Å². The molecule has 3 aromatic rings. The molecular weight excluding hydrogens is 454 g/mol. The van der Waals surface area contributed by atoms with Gasteiger partial charge in [-0.15, -0.1) is 0 Å². The van der Waals surface area contributed by atoms with Gasteiger partial charge in [0.05, 0.1) is 5.25 Å². The monoisotopic (exact) mass is 481 g/mol. The number of nitriles is 1. The van der Waals surface area contributed by atoms with Crippen molar-refractivity contribution in [3.63, 3.8) is 0 Å². The number of thioether (sulfide) groups is 1. The fourth-order valence-electron chi connectivity index (χ4n) is 4.02.